The van der Waals surface area contributed by atoms with Crippen LogP contribution in [-0.4, -0.2) is 48.0 Å². The van der Waals surface area contributed by atoms with E-state index in [9.17, 15) is 36.6 Å². The number of dihydropyridines is 1. The minimum atomic E-state index is -5.22. The van der Waals surface area contributed by atoms with Gasteiger partial charge in [-0.05, 0) is 24.8 Å². The molecule has 2 atom stereocenters. The van der Waals surface area contributed by atoms with E-state index < -0.39 is 58.8 Å². The molecule has 1 N–H and O–H groups in total. The van der Waals surface area contributed by atoms with E-state index in [-0.39, 0.29) is 13.0 Å². The number of rotatable bonds is 6. The topological polar surface area (TPSA) is 76.0 Å². The van der Waals surface area contributed by atoms with E-state index in [4.69, 9.17) is 0 Å². The summed E-state index contributed by atoms with van der Waals surface area (Å²) >= 11 is 0. The smallest absolute Gasteiger partial charge is 0.433 e. The number of halogens is 5. The van der Waals surface area contributed by atoms with Crippen molar-refractivity contribution in [2.45, 2.75) is 52.8 Å². The molecule has 0 aliphatic carbocycles. The first kappa shape index (κ1) is 22.0. The lowest BCUT2D eigenvalue weighted by Gasteiger charge is -2.43. The maximum absolute atomic E-state index is 13.6. The van der Waals surface area contributed by atoms with Crippen molar-refractivity contribution < 1.29 is 41.4 Å². The standard InChI is InChI=1S/C16H20F5NO4/c1-5-8-9(13(23)26-6-2)10(16(19,20)21)22-11(12(17)18)15(8,7(3)4)14(24)25/h7,11-12H,5-6H2,1-4H3,(H,24,25). The number of esters is 1. The van der Waals surface area contributed by atoms with Crippen LogP contribution >= 0.6 is 0 Å². The second-order valence-electron chi connectivity index (χ2n) is 6.01. The molecule has 26 heavy (non-hydrogen) atoms. The van der Waals surface area contributed by atoms with Gasteiger partial charge in [0.2, 0.25) is 0 Å². The predicted molar refractivity (Wildman–Crippen MR) is 82.1 cm³/mol. The van der Waals surface area contributed by atoms with Crippen LogP contribution in [0.3, 0.4) is 0 Å². The maximum atomic E-state index is 13.6. The van der Waals surface area contributed by atoms with Crippen molar-refractivity contribution >= 4 is 17.7 Å². The zero-order valence-corrected chi connectivity index (χ0v) is 14.7. The van der Waals surface area contributed by atoms with E-state index in [0.717, 1.165) is 0 Å². The number of alkyl halides is 5. The molecule has 0 aromatic rings. The number of ether oxygens (including phenoxy) is 1. The highest BCUT2D eigenvalue weighted by molar-refractivity contribution is 6.24. The fourth-order valence-corrected chi connectivity index (χ4v) is 3.39. The van der Waals surface area contributed by atoms with E-state index >= 15 is 0 Å². The van der Waals surface area contributed by atoms with Gasteiger partial charge in [0.05, 0.1) is 12.2 Å². The summed E-state index contributed by atoms with van der Waals surface area (Å²) in [6.45, 7) is 4.96. The van der Waals surface area contributed by atoms with Crippen LogP contribution in [0, 0.1) is 11.3 Å². The van der Waals surface area contributed by atoms with Gasteiger partial charge in [-0.2, -0.15) is 13.2 Å². The van der Waals surface area contributed by atoms with E-state index in [1.807, 2.05) is 0 Å². The van der Waals surface area contributed by atoms with Gasteiger partial charge in [0.15, 0.2) is 5.71 Å². The molecule has 2 unspecified atom stereocenters. The third-order valence-corrected chi connectivity index (χ3v) is 4.38. The average molecular weight is 385 g/mol. The lowest BCUT2D eigenvalue weighted by Crippen LogP contribution is -2.55. The molecule has 10 heteroatoms. The van der Waals surface area contributed by atoms with Crippen molar-refractivity contribution in [1.29, 1.82) is 0 Å². The molecule has 1 heterocycles. The van der Waals surface area contributed by atoms with Crippen molar-refractivity contribution in [3.05, 3.63) is 11.1 Å². The Kier molecular flexibility index (Phi) is 6.54. The quantitative estimate of drug-likeness (QED) is 0.560. The van der Waals surface area contributed by atoms with E-state index in [2.05, 4.69) is 9.73 Å². The highest BCUT2D eigenvalue weighted by Crippen LogP contribution is 2.50. The van der Waals surface area contributed by atoms with Gasteiger partial charge >= 0.3 is 18.1 Å². The van der Waals surface area contributed by atoms with Gasteiger partial charge in [0.1, 0.15) is 11.5 Å². The Balaban J connectivity index is 3.99. The largest absolute Gasteiger partial charge is 0.481 e. The Morgan fingerprint density at radius 1 is 1.27 bits per heavy atom. The summed E-state index contributed by atoms with van der Waals surface area (Å²) < 4.78 is 72.1. The van der Waals surface area contributed by atoms with Crippen LogP contribution in [0.4, 0.5) is 22.0 Å². The maximum Gasteiger partial charge on any atom is 0.433 e. The summed E-state index contributed by atoms with van der Waals surface area (Å²) in [5.74, 6) is -4.25. The summed E-state index contributed by atoms with van der Waals surface area (Å²) in [5.41, 5.74) is -5.92. The first-order valence-electron chi connectivity index (χ1n) is 7.94. The Labute approximate surface area is 146 Å². The summed E-state index contributed by atoms with van der Waals surface area (Å²) in [7, 11) is 0. The number of carbonyl (C=O) groups excluding carboxylic acids is 1. The number of aliphatic imine (C=N–C) groups is 1. The molecular weight excluding hydrogens is 365 g/mol. The molecule has 0 spiro atoms. The lowest BCUT2D eigenvalue weighted by molar-refractivity contribution is -0.154. The summed E-state index contributed by atoms with van der Waals surface area (Å²) in [6.07, 6.45) is -9.06. The fraction of sp³-hybridized carbons (Fsp3) is 0.688. The highest BCUT2D eigenvalue weighted by atomic mass is 19.4. The van der Waals surface area contributed by atoms with Crippen molar-refractivity contribution in [2.24, 2.45) is 16.3 Å². The molecule has 0 radical (unpaired) electrons. The van der Waals surface area contributed by atoms with Gasteiger partial charge in [0, 0.05) is 0 Å². The molecule has 148 valence electrons. The van der Waals surface area contributed by atoms with Crippen LogP contribution in [0.25, 0.3) is 0 Å². The molecule has 0 fully saturated rings. The molecule has 0 amide bonds. The molecule has 0 aromatic carbocycles. The molecule has 0 bridgehead atoms. The zero-order valence-electron chi connectivity index (χ0n) is 14.7. The highest BCUT2D eigenvalue weighted by Gasteiger charge is 2.61. The average Bonchev–Trinajstić information content (AvgIpc) is 2.50. The minimum absolute atomic E-state index is 0.273. The van der Waals surface area contributed by atoms with Gasteiger partial charge in [-0.1, -0.05) is 20.8 Å². The molecule has 1 aliphatic heterocycles. The number of carbonyl (C=O) groups is 2. The Morgan fingerprint density at radius 3 is 2.12 bits per heavy atom. The molecule has 1 rings (SSSR count). The Bertz CT molecular complexity index is 639. The van der Waals surface area contributed by atoms with Gasteiger partial charge < -0.3 is 9.84 Å². The first-order valence-corrected chi connectivity index (χ1v) is 7.94. The van der Waals surface area contributed by atoms with Crippen LogP contribution in [-0.2, 0) is 14.3 Å². The monoisotopic (exact) mass is 385 g/mol. The Morgan fingerprint density at radius 2 is 1.81 bits per heavy atom. The molecule has 5 nitrogen and oxygen atoms in total. The SMILES string of the molecule is CCOC(=O)C1=C(CC)C(C(=O)O)(C(C)C)C(C(F)F)N=C1C(F)(F)F. The number of carboxylic acids is 1. The lowest BCUT2D eigenvalue weighted by atomic mass is 9.62. The number of aliphatic carboxylic acids is 1. The van der Waals surface area contributed by atoms with Crippen molar-refractivity contribution in [2.75, 3.05) is 6.61 Å². The van der Waals surface area contributed by atoms with Gasteiger partial charge in [-0.25, -0.2) is 13.6 Å². The fourth-order valence-electron chi connectivity index (χ4n) is 3.39. The van der Waals surface area contributed by atoms with Crippen molar-refractivity contribution in [1.82, 2.24) is 0 Å². The number of hydrogen-bond acceptors (Lipinski definition) is 4. The molecular formula is C16H20F5NO4. The zero-order chi connectivity index (χ0) is 20.4. The van der Waals surface area contributed by atoms with Crippen LogP contribution in [0.1, 0.15) is 34.1 Å². The summed E-state index contributed by atoms with van der Waals surface area (Å²) in [4.78, 5) is 27.2. The second-order valence-corrected chi connectivity index (χ2v) is 6.01. The van der Waals surface area contributed by atoms with Gasteiger partial charge in [0.25, 0.3) is 6.43 Å². The van der Waals surface area contributed by atoms with Crippen molar-refractivity contribution in [3.8, 4) is 0 Å². The summed E-state index contributed by atoms with van der Waals surface area (Å²) in [5, 5.41) is 9.73. The molecule has 1 aliphatic rings. The second kappa shape index (κ2) is 7.71. The van der Waals surface area contributed by atoms with Crippen LogP contribution < -0.4 is 0 Å². The minimum Gasteiger partial charge on any atom is -0.481 e. The summed E-state index contributed by atoms with van der Waals surface area (Å²) in [6, 6.07) is -2.48. The number of carboxylic acid groups (broad SMARTS) is 1. The van der Waals surface area contributed by atoms with Crippen molar-refractivity contribution in [3.63, 3.8) is 0 Å². The third-order valence-electron chi connectivity index (χ3n) is 4.38. The molecule has 0 aromatic heterocycles. The number of hydrogen-bond donors (Lipinski definition) is 1. The third kappa shape index (κ3) is 3.45. The van der Waals surface area contributed by atoms with E-state index in [0.29, 0.717) is 0 Å². The van der Waals surface area contributed by atoms with Crippen LogP contribution in [0.5, 0.6) is 0 Å². The Hall–Kier alpha value is -2.00. The predicted octanol–water partition coefficient (Wildman–Crippen LogP) is 3.63. The van der Waals surface area contributed by atoms with Gasteiger partial charge in [-0.15, -0.1) is 0 Å². The van der Waals surface area contributed by atoms with Crippen LogP contribution in [0.15, 0.2) is 16.1 Å². The normalized spacial score (nSPS) is 24.1. The molecule has 0 saturated heterocycles. The van der Waals surface area contributed by atoms with E-state index in [1.54, 1.807) is 0 Å². The van der Waals surface area contributed by atoms with Crippen LogP contribution in [0.2, 0.25) is 0 Å². The molecule has 0 saturated carbocycles. The first-order chi connectivity index (χ1) is 11.9. The number of nitrogens with zero attached hydrogens (tertiary/aromatic N) is 1. The van der Waals surface area contributed by atoms with Gasteiger partial charge in [-0.3, -0.25) is 9.79 Å². The van der Waals surface area contributed by atoms with E-state index in [1.165, 1.54) is 27.7 Å².